The zero-order valence-electron chi connectivity index (χ0n) is 23.0. The summed E-state index contributed by atoms with van der Waals surface area (Å²) in [5.74, 6) is 1.21. The van der Waals surface area contributed by atoms with Gasteiger partial charge in [-0.15, -0.1) is 0 Å². The lowest BCUT2D eigenvalue weighted by atomic mass is 9.85. The fraction of sp³-hybridized carbons (Fsp3) is 0.562. The van der Waals surface area contributed by atoms with Crippen LogP contribution >= 0.6 is 0 Å². The number of piperidine rings is 2. The smallest absolute Gasteiger partial charge is 0.410 e. The molecule has 38 heavy (non-hydrogen) atoms. The van der Waals surface area contributed by atoms with Crippen molar-refractivity contribution >= 4 is 11.9 Å². The summed E-state index contributed by atoms with van der Waals surface area (Å²) in [4.78, 5) is 29.8. The number of fused-ring (bicyclic) bond motifs is 1. The number of halogens is 1. The average Bonchev–Trinajstić information content (AvgIpc) is 3.18. The minimum atomic E-state index is -0.475. The van der Waals surface area contributed by atoms with E-state index in [1.54, 1.807) is 12.1 Å². The summed E-state index contributed by atoms with van der Waals surface area (Å²) in [7, 11) is 0. The minimum absolute atomic E-state index is 0.0917. The lowest BCUT2D eigenvalue weighted by Gasteiger charge is -2.33. The van der Waals surface area contributed by atoms with Crippen LogP contribution in [-0.2, 0) is 17.7 Å². The molecule has 2 saturated heterocycles. The van der Waals surface area contributed by atoms with Crippen molar-refractivity contribution in [1.29, 1.82) is 0 Å². The van der Waals surface area contributed by atoms with Crippen LogP contribution in [0.4, 0.5) is 9.18 Å². The molecule has 0 aromatic heterocycles. The van der Waals surface area contributed by atoms with Crippen LogP contribution in [-0.4, -0.2) is 53.5 Å². The van der Waals surface area contributed by atoms with Crippen LogP contribution in [0.25, 0.3) is 0 Å². The van der Waals surface area contributed by atoms with Gasteiger partial charge in [0.15, 0.2) is 5.78 Å². The molecule has 1 unspecified atom stereocenters. The molecule has 1 aliphatic carbocycles. The Morgan fingerprint density at radius 3 is 2.42 bits per heavy atom. The van der Waals surface area contributed by atoms with E-state index in [-0.39, 0.29) is 17.8 Å². The van der Waals surface area contributed by atoms with Crippen LogP contribution in [0.5, 0.6) is 0 Å². The van der Waals surface area contributed by atoms with Crippen molar-refractivity contribution in [2.24, 2.45) is 11.8 Å². The summed E-state index contributed by atoms with van der Waals surface area (Å²) in [5, 5.41) is 0. The van der Waals surface area contributed by atoms with Crippen molar-refractivity contribution in [3.05, 3.63) is 70.5 Å². The van der Waals surface area contributed by atoms with Crippen LogP contribution in [0.15, 0.2) is 42.5 Å². The van der Waals surface area contributed by atoms with Gasteiger partial charge in [-0.1, -0.05) is 30.3 Å². The average molecular weight is 521 g/mol. The monoisotopic (exact) mass is 520 g/mol. The van der Waals surface area contributed by atoms with E-state index in [4.69, 9.17) is 4.74 Å². The first-order valence-corrected chi connectivity index (χ1v) is 14.3. The first-order valence-electron chi connectivity index (χ1n) is 14.3. The Kier molecular flexibility index (Phi) is 7.90. The van der Waals surface area contributed by atoms with E-state index >= 15 is 0 Å². The largest absolute Gasteiger partial charge is 0.444 e. The van der Waals surface area contributed by atoms with Gasteiger partial charge in [0.25, 0.3) is 0 Å². The highest BCUT2D eigenvalue weighted by Gasteiger charge is 2.34. The van der Waals surface area contributed by atoms with Gasteiger partial charge in [0.2, 0.25) is 0 Å². The van der Waals surface area contributed by atoms with Crippen LogP contribution in [0.3, 0.4) is 0 Å². The number of ketones is 1. The number of benzene rings is 2. The predicted molar refractivity (Wildman–Crippen MR) is 147 cm³/mol. The molecule has 0 saturated carbocycles. The number of rotatable bonds is 5. The Balaban J connectivity index is 1.11. The summed E-state index contributed by atoms with van der Waals surface area (Å²) < 4.78 is 19.0. The summed E-state index contributed by atoms with van der Waals surface area (Å²) in [6.45, 7) is 9.89. The topological polar surface area (TPSA) is 49.9 Å². The van der Waals surface area contributed by atoms with Gasteiger partial charge >= 0.3 is 6.09 Å². The molecule has 2 aromatic carbocycles. The van der Waals surface area contributed by atoms with Crippen molar-refractivity contribution in [2.45, 2.75) is 77.4 Å². The first-order chi connectivity index (χ1) is 18.1. The molecule has 1 atom stereocenters. The number of ether oxygens (including phenoxy) is 1. The van der Waals surface area contributed by atoms with E-state index in [0.717, 1.165) is 69.3 Å². The lowest BCUT2D eigenvalue weighted by molar-refractivity contribution is 0.0204. The van der Waals surface area contributed by atoms with Gasteiger partial charge in [-0.25, -0.2) is 9.18 Å². The molecule has 2 aliphatic heterocycles. The summed E-state index contributed by atoms with van der Waals surface area (Å²) in [5.41, 5.74) is 3.96. The highest BCUT2D eigenvalue weighted by Crippen LogP contribution is 2.37. The SMILES string of the molecule is CC(C)(C)OC(=O)N1CCC(c2ccc3c(c2)CC(CC2CCN(Cc4cccc(F)c4)CC2)C3=O)CC1. The van der Waals surface area contributed by atoms with Gasteiger partial charge in [0.1, 0.15) is 11.4 Å². The molecule has 3 aliphatic rings. The van der Waals surface area contributed by atoms with Crippen molar-refractivity contribution in [3.63, 3.8) is 0 Å². The maximum atomic E-state index is 13.5. The molecule has 1 amide bonds. The third kappa shape index (κ3) is 6.45. The Hall–Kier alpha value is -2.73. The second kappa shape index (κ2) is 11.2. The van der Waals surface area contributed by atoms with E-state index in [1.165, 1.54) is 17.2 Å². The van der Waals surface area contributed by atoms with Crippen molar-refractivity contribution < 1.29 is 18.7 Å². The molecule has 204 valence electrons. The van der Waals surface area contributed by atoms with Crippen molar-refractivity contribution in [2.75, 3.05) is 26.2 Å². The van der Waals surface area contributed by atoms with Crippen LogP contribution in [0.1, 0.15) is 85.8 Å². The standard InChI is InChI=1S/C32H41FN2O3/c1-32(2,3)38-31(37)35-15-11-24(12-16-35)25-7-8-29-26(19-25)20-27(30(29)36)17-22-9-13-34(14-10-22)21-23-5-4-6-28(33)18-23/h4-8,18-19,22,24,27H,9-17,20-21H2,1-3H3. The predicted octanol–water partition coefficient (Wildman–Crippen LogP) is 6.60. The number of hydrogen-bond donors (Lipinski definition) is 0. The van der Waals surface area contributed by atoms with Crippen LogP contribution in [0.2, 0.25) is 0 Å². The fourth-order valence-corrected chi connectivity index (χ4v) is 6.44. The Morgan fingerprint density at radius 2 is 1.74 bits per heavy atom. The molecule has 2 heterocycles. The molecular weight excluding hydrogens is 479 g/mol. The van der Waals surface area contributed by atoms with Crippen molar-refractivity contribution in [3.8, 4) is 0 Å². The Bertz CT molecular complexity index is 1160. The number of Topliss-reactive ketones (excluding diaryl/α,β-unsaturated/α-hetero) is 1. The minimum Gasteiger partial charge on any atom is -0.444 e. The molecule has 0 spiro atoms. The van der Waals surface area contributed by atoms with Gasteiger partial charge < -0.3 is 9.64 Å². The van der Waals surface area contributed by atoms with E-state index in [1.807, 2.05) is 31.7 Å². The summed E-state index contributed by atoms with van der Waals surface area (Å²) >= 11 is 0. The van der Waals surface area contributed by atoms with Crippen LogP contribution < -0.4 is 0 Å². The molecule has 2 aromatic rings. The normalized spacial score (nSPS) is 21.5. The number of hydrogen-bond acceptors (Lipinski definition) is 4. The van der Waals surface area contributed by atoms with Gasteiger partial charge in [0, 0.05) is 31.1 Å². The van der Waals surface area contributed by atoms with Gasteiger partial charge in [-0.2, -0.15) is 0 Å². The maximum absolute atomic E-state index is 13.5. The number of nitrogens with zero attached hydrogens (tertiary/aromatic N) is 2. The quantitative estimate of drug-likeness (QED) is 0.446. The second-order valence-electron chi connectivity index (χ2n) is 12.5. The molecule has 6 heteroatoms. The van der Waals surface area contributed by atoms with E-state index in [9.17, 15) is 14.0 Å². The molecule has 0 bridgehead atoms. The molecule has 5 rings (SSSR count). The highest BCUT2D eigenvalue weighted by molar-refractivity contribution is 6.02. The Labute approximate surface area is 226 Å². The number of amides is 1. The van der Waals surface area contributed by atoms with E-state index in [2.05, 4.69) is 23.1 Å². The number of carbonyl (C=O) groups excluding carboxylic acids is 2. The van der Waals surface area contributed by atoms with Gasteiger partial charge in [-0.05, 0) is 113 Å². The fourth-order valence-electron chi connectivity index (χ4n) is 6.44. The van der Waals surface area contributed by atoms with Gasteiger partial charge in [0.05, 0.1) is 0 Å². The Morgan fingerprint density at radius 1 is 1.00 bits per heavy atom. The lowest BCUT2D eigenvalue weighted by Crippen LogP contribution is -2.41. The zero-order valence-corrected chi connectivity index (χ0v) is 23.0. The van der Waals surface area contributed by atoms with E-state index in [0.29, 0.717) is 30.7 Å². The molecule has 0 radical (unpaired) electrons. The number of carbonyl (C=O) groups is 2. The molecule has 5 nitrogen and oxygen atoms in total. The third-order valence-corrected chi connectivity index (χ3v) is 8.47. The summed E-state index contributed by atoms with van der Waals surface area (Å²) in [6, 6.07) is 13.3. The first kappa shape index (κ1) is 26.9. The third-order valence-electron chi connectivity index (χ3n) is 8.47. The molecular formula is C32H41FN2O3. The highest BCUT2D eigenvalue weighted by atomic mass is 19.1. The van der Waals surface area contributed by atoms with Crippen molar-refractivity contribution in [1.82, 2.24) is 9.80 Å². The van der Waals surface area contributed by atoms with Crippen LogP contribution in [0, 0.1) is 17.7 Å². The van der Waals surface area contributed by atoms with Gasteiger partial charge in [-0.3, -0.25) is 9.69 Å². The molecule has 0 N–H and O–H groups in total. The molecule has 2 fully saturated rings. The summed E-state index contributed by atoms with van der Waals surface area (Å²) in [6.07, 6.45) is 5.62. The van der Waals surface area contributed by atoms with E-state index < -0.39 is 5.60 Å². The maximum Gasteiger partial charge on any atom is 0.410 e. The zero-order chi connectivity index (χ0) is 26.9. The second-order valence-corrected chi connectivity index (χ2v) is 12.5. The number of likely N-dealkylation sites (tertiary alicyclic amines) is 2.